The summed E-state index contributed by atoms with van der Waals surface area (Å²) in [6.45, 7) is 1.64. The molecule has 1 saturated heterocycles. The number of ether oxygens (including phenoxy) is 3. The van der Waals surface area contributed by atoms with E-state index in [9.17, 15) is 34.8 Å². The molecule has 1 aliphatic rings. The fourth-order valence-electron chi connectivity index (χ4n) is 2.48. The van der Waals surface area contributed by atoms with Crippen molar-refractivity contribution in [3.63, 3.8) is 0 Å². The quantitative estimate of drug-likeness (QED) is 0.302. The molecule has 0 spiro atoms. The van der Waals surface area contributed by atoms with Crippen LogP contribution >= 0.6 is 0 Å². The van der Waals surface area contributed by atoms with E-state index in [0.717, 1.165) is 21.0 Å². The van der Waals surface area contributed by atoms with Gasteiger partial charge in [-0.3, -0.25) is 9.59 Å². The minimum Gasteiger partial charge on any atom is -0.465 e. The van der Waals surface area contributed by atoms with Gasteiger partial charge in [0.15, 0.2) is 0 Å². The van der Waals surface area contributed by atoms with Gasteiger partial charge < -0.3 is 40.0 Å². The number of aliphatic hydroxyl groups is 4. The summed E-state index contributed by atoms with van der Waals surface area (Å²) in [6.07, 6.45) is -7.21. The van der Waals surface area contributed by atoms with Crippen LogP contribution < -0.4 is 5.32 Å². The van der Waals surface area contributed by atoms with Gasteiger partial charge in [-0.1, -0.05) is 0 Å². The van der Waals surface area contributed by atoms with E-state index in [1.165, 1.54) is 0 Å². The fraction of sp³-hybridized carbons (Fsp3) is 0.786. The highest BCUT2D eigenvalue weighted by atomic mass is 16.7. The van der Waals surface area contributed by atoms with Crippen molar-refractivity contribution < 1.29 is 49.0 Å². The molecule has 144 valence electrons. The van der Waals surface area contributed by atoms with Crippen LogP contribution in [0.3, 0.4) is 0 Å². The Morgan fingerprint density at radius 1 is 1.32 bits per heavy atom. The molecule has 1 heterocycles. The van der Waals surface area contributed by atoms with Crippen LogP contribution in [-0.4, -0.2) is 88.2 Å². The summed E-state index contributed by atoms with van der Waals surface area (Å²) in [6, 6.07) is -1.25. The fourth-order valence-corrected chi connectivity index (χ4v) is 2.48. The first-order valence-corrected chi connectivity index (χ1v) is 7.45. The molecule has 1 fully saturated rings. The minimum absolute atomic E-state index is 0.581. The summed E-state index contributed by atoms with van der Waals surface area (Å²) in [5.41, 5.74) is 0. The zero-order valence-corrected chi connectivity index (χ0v) is 14.0. The van der Waals surface area contributed by atoms with Crippen LogP contribution in [-0.2, 0) is 28.6 Å². The van der Waals surface area contributed by atoms with Gasteiger partial charge in [0.1, 0.15) is 24.9 Å². The van der Waals surface area contributed by atoms with Gasteiger partial charge in [0.05, 0.1) is 19.3 Å². The Balaban J connectivity index is 3.05. The SMILES string of the molecule is COC(=O)[C@@]1(O)C[C@H](O)[C@@H](NC(C)=O)[C@H]([C@H](O)[C@H](O)COC(C)=O)O1. The van der Waals surface area contributed by atoms with Gasteiger partial charge in [-0.05, 0) is 0 Å². The van der Waals surface area contributed by atoms with Crippen LogP contribution in [0.1, 0.15) is 20.3 Å². The third-order valence-corrected chi connectivity index (χ3v) is 3.65. The van der Waals surface area contributed by atoms with Gasteiger partial charge >= 0.3 is 11.9 Å². The normalized spacial score (nSPS) is 31.6. The molecule has 5 N–H and O–H groups in total. The number of aliphatic hydroxyl groups excluding tert-OH is 3. The molecule has 6 atom stereocenters. The van der Waals surface area contributed by atoms with E-state index >= 15 is 0 Å². The third-order valence-electron chi connectivity index (χ3n) is 3.65. The number of hydrogen-bond donors (Lipinski definition) is 5. The van der Waals surface area contributed by atoms with E-state index in [0.29, 0.717) is 0 Å². The summed E-state index contributed by atoms with van der Waals surface area (Å²) < 4.78 is 14.1. The summed E-state index contributed by atoms with van der Waals surface area (Å²) >= 11 is 0. The average Bonchev–Trinajstić information content (AvgIpc) is 2.53. The van der Waals surface area contributed by atoms with Crippen molar-refractivity contribution in [3.05, 3.63) is 0 Å². The monoisotopic (exact) mass is 365 g/mol. The molecule has 11 heteroatoms. The number of hydrogen-bond acceptors (Lipinski definition) is 10. The molecule has 0 radical (unpaired) electrons. The molecule has 1 rings (SSSR count). The average molecular weight is 365 g/mol. The number of nitrogens with one attached hydrogen (secondary N) is 1. The highest BCUT2D eigenvalue weighted by Gasteiger charge is 2.54. The molecule has 11 nitrogen and oxygen atoms in total. The molecule has 1 amide bonds. The Morgan fingerprint density at radius 2 is 1.92 bits per heavy atom. The maximum absolute atomic E-state index is 11.7. The van der Waals surface area contributed by atoms with Gasteiger partial charge in [0.25, 0.3) is 5.79 Å². The largest absolute Gasteiger partial charge is 0.465 e. The third kappa shape index (κ3) is 5.34. The molecule has 0 bridgehead atoms. The van der Waals surface area contributed by atoms with Gasteiger partial charge in [0.2, 0.25) is 5.91 Å². The number of esters is 2. The molecular weight excluding hydrogens is 342 g/mol. The van der Waals surface area contributed by atoms with Crippen LogP contribution in [0, 0.1) is 0 Å². The van der Waals surface area contributed by atoms with Crippen molar-refractivity contribution in [2.75, 3.05) is 13.7 Å². The molecule has 1 aliphatic heterocycles. The summed E-state index contributed by atoms with van der Waals surface area (Å²) in [5, 5.41) is 42.9. The molecule has 0 aromatic heterocycles. The van der Waals surface area contributed by atoms with Gasteiger partial charge in [-0.15, -0.1) is 0 Å². The van der Waals surface area contributed by atoms with Crippen molar-refractivity contribution in [1.82, 2.24) is 5.32 Å². The Hall–Kier alpha value is -1.79. The molecule has 0 aromatic rings. The molecule has 0 unspecified atom stereocenters. The Kier molecular flexibility index (Phi) is 7.26. The van der Waals surface area contributed by atoms with E-state index in [1.54, 1.807) is 0 Å². The first-order valence-electron chi connectivity index (χ1n) is 7.45. The molecule has 0 aromatic carbocycles. The first kappa shape index (κ1) is 21.3. The van der Waals surface area contributed by atoms with Crippen LogP contribution in [0.15, 0.2) is 0 Å². The smallest absolute Gasteiger partial charge is 0.366 e. The van der Waals surface area contributed by atoms with Crippen molar-refractivity contribution in [1.29, 1.82) is 0 Å². The topological polar surface area (TPSA) is 172 Å². The van der Waals surface area contributed by atoms with Crippen LogP contribution in [0.25, 0.3) is 0 Å². The van der Waals surface area contributed by atoms with Crippen molar-refractivity contribution >= 4 is 17.8 Å². The molecule has 25 heavy (non-hydrogen) atoms. The lowest BCUT2D eigenvalue weighted by atomic mass is 9.88. The predicted molar refractivity (Wildman–Crippen MR) is 78.7 cm³/mol. The van der Waals surface area contributed by atoms with E-state index in [4.69, 9.17) is 4.74 Å². The summed E-state index contributed by atoms with van der Waals surface area (Å²) in [5.74, 6) is -5.10. The standard InChI is InChI=1S/C14H23NO10/c1-6(16)15-10-8(18)4-14(22,13(21)23-3)25-12(10)11(20)9(19)5-24-7(2)17/h8-12,18-20,22H,4-5H2,1-3H3,(H,15,16)/t8-,9+,10+,11+,12+,14+/m0/s1. The van der Waals surface area contributed by atoms with E-state index in [2.05, 4.69) is 14.8 Å². The maximum Gasteiger partial charge on any atom is 0.366 e. The lowest BCUT2D eigenvalue weighted by Gasteiger charge is -2.45. The lowest BCUT2D eigenvalue weighted by Crippen LogP contribution is -2.67. The Bertz CT molecular complexity index is 512. The second-order valence-electron chi connectivity index (χ2n) is 5.72. The molecule has 0 aliphatic carbocycles. The number of carbonyl (C=O) groups excluding carboxylic acids is 3. The van der Waals surface area contributed by atoms with E-state index < -0.39 is 67.1 Å². The van der Waals surface area contributed by atoms with Crippen LogP contribution in [0.2, 0.25) is 0 Å². The number of rotatable bonds is 6. The van der Waals surface area contributed by atoms with Gasteiger partial charge in [0, 0.05) is 20.3 Å². The predicted octanol–water partition coefficient (Wildman–Crippen LogP) is -3.21. The highest BCUT2D eigenvalue weighted by Crippen LogP contribution is 2.31. The Morgan fingerprint density at radius 3 is 2.40 bits per heavy atom. The van der Waals surface area contributed by atoms with E-state index in [1.807, 2.05) is 0 Å². The first-order chi connectivity index (χ1) is 11.5. The molecular formula is C14H23NO10. The van der Waals surface area contributed by atoms with E-state index in [-0.39, 0.29) is 0 Å². The van der Waals surface area contributed by atoms with Crippen molar-refractivity contribution in [2.45, 2.75) is 56.5 Å². The van der Waals surface area contributed by atoms with Crippen molar-refractivity contribution in [2.24, 2.45) is 0 Å². The van der Waals surface area contributed by atoms with Gasteiger partial charge in [-0.25, -0.2) is 4.79 Å². The zero-order valence-electron chi connectivity index (χ0n) is 14.0. The van der Waals surface area contributed by atoms with Crippen LogP contribution in [0.4, 0.5) is 0 Å². The highest BCUT2D eigenvalue weighted by molar-refractivity contribution is 5.78. The zero-order chi connectivity index (χ0) is 19.4. The van der Waals surface area contributed by atoms with Crippen molar-refractivity contribution in [3.8, 4) is 0 Å². The Labute approximate surface area is 143 Å². The van der Waals surface area contributed by atoms with Gasteiger partial charge in [-0.2, -0.15) is 0 Å². The summed E-state index contributed by atoms with van der Waals surface area (Å²) in [7, 11) is 0.983. The number of carbonyl (C=O) groups is 3. The number of methoxy groups -OCH3 is 1. The lowest BCUT2D eigenvalue weighted by molar-refractivity contribution is -0.296. The number of amides is 1. The molecule has 0 saturated carbocycles. The second kappa shape index (κ2) is 8.54. The maximum atomic E-state index is 11.7. The second-order valence-corrected chi connectivity index (χ2v) is 5.72. The van der Waals surface area contributed by atoms with Crippen LogP contribution in [0.5, 0.6) is 0 Å². The summed E-state index contributed by atoms with van der Waals surface area (Å²) in [4.78, 5) is 33.8. The minimum atomic E-state index is -2.59.